The number of piperidine rings is 1. The number of benzene rings is 1. The maximum atomic E-state index is 5.31. The Balaban J connectivity index is 1.59. The Kier molecular flexibility index (Phi) is 3.89. The molecular formula is C15H19N3O. The number of likely N-dealkylation sites (tertiary alicyclic amines) is 1. The third-order valence-electron chi connectivity index (χ3n) is 3.59. The molecule has 0 amide bonds. The predicted octanol–water partition coefficient (Wildman–Crippen LogP) is 2.77. The molecule has 0 N–H and O–H groups in total. The van der Waals surface area contributed by atoms with Crippen LogP contribution in [0, 0.1) is 0 Å². The number of hydrogen-bond acceptors (Lipinski definition) is 4. The highest BCUT2D eigenvalue weighted by Crippen LogP contribution is 2.16. The van der Waals surface area contributed by atoms with Crippen molar-refractivity contribution in [2.24, 2.45) is 0 Å². The van der Waals surface area contributed by atoms with Crippen LogP contribution in [0.4, 0.5) is 0 Å². The van der Waals surface area contributed by atoms with Crippen molar-refractivity contribution in [3.8, 4) is 11.5 Å². The molecule has 1 aromatic carbocycles. The fourth-order valence-corrected chi connectivity index (χ4v) is 2.49. The molecule has 0 aliphatic carbocycles. The average molecular weight is 257 g/mol. The monoisotopic (exact) mass is 257 g/mol. The largest absolute Gasteiger partial charge is 0.334 e. The molecule has 1 aliphatic rings. The summed E-state index contributed by atoms with van der Waals surface area (Å²) in [4.78, 5) is 6.95. The van der Waals surface area contributed by atoms with Crippen LogP contribution < -0.4 is 0 Å². The first-order valence-electron chi connectivity index (χ1n) is 7.02. The fraction of sp³-hybridized carbons (Fsp3) is 0.467. The molecule has 100 valence electrons. The number of nitrogens with zero attached hydrogens (tertiary/aromatic N) is 3. The molecule has 2 heterocycles. The van der Waals surface area contributed by atoms with E-state index in [0.29, 0.717) is 5.89 Å². The Hall–Kier alpha value is -1.68. The van der Waals surface area contributed by atoms with Gasteiger partial charge in [-0.2, -0.15) is 4.98 Å². The van der Waals surface area contributed by atoms with E-state index in [9.17, 15) is 0 Å². The normalized spacial score (nSPS) is 16.6. The molecule has 0 radical (unpaired) electrons. The molecule has 19 heavy (non-hydrogen) atoms. The second-order valence-electron chi connectivity index (χ2n) is 5.03. The van der Waals surface area contributed by atoms with Gasteiger partial charge in [0.15, 0.2) is 5.82 Å². The molecule has 0 unspecified atom stereocenters. The van der Waals surface area contributed by atoms with E-state index in [0.717, 1.165) is 24.4 Å². The quantitative estimate of drug-likeness (QED) is 0.844. The average Bonchev–Trinajstić information content (AvgIpc) is 2.96. The molecule has 3 rings (SSSR count). The minimum Gasteiger partial charge on any atom is -0.334 e. The van der Waals surface area contributed by atoms with Gasteiger partial charge in [-0.1, -0.05) is 29.8 Å². The van der Waals surface area contributed by atoms with Crippen molar-refractivity contribution < 1.29 is 4.52 Å². The molecule has 1 aromatic heterocycles. The Morgan fingerprint density at radius 3 is 2.63 bits per heavy atom. The summed E-state index contributed by atoms with van der Waals surface area (Å²) in [5.74, 6) is 1.43. The number of hydrogen-bond donors (Lipinski definition) is 0. The zero-order chi connectivity index (χ0) is 12.9. The van der Waals surface area contributed by atoms with Crippen LogP contribution in [0.2, 0.25) is 0 Å². The van der Waals surface area contributed by atoms with E-state index in [4.69, 9.17) is 4.52 Å². The number of aromatic nitrogens is 2. The molecule has 1 saturated heterocycles. The zero-order valence-electron chi connectivity index (χ0n) is 11.1. The Morgan fingerprint density at radius 2 is 1.84 bits per heavy atom. The van der Waals surface area contributed by atoms with Crippen LogP contribution >= 0.6 is 0 Å². The van der Waals surface area contributed by atoms with Gasteiger partial charge in [0.25, 0.3) is 5.89 Å². The van der Waals surface area contributed by atoms with E-state index >= 15 is 0 Å². The molecule has 1 fully saturated rings. The third kappa shape index (κ3) is 3.20. The maximum Gasteiger partial charge on any atom is 0.257 e. The topological polar surface area (TPSA) is 42.2 Å². The van der Waals surface area contributed by atoms with Gasteiger partial charge in [0.2, 0.25) is 0 Å². The summed E-state index contributed by atoms with van der Waals surface area (Å²) in [6.45, 7) is 3.46. The van der Waals surface area contributed by atoms with Crippen molar-refractivity contribution in [3.05, 3.63) is 36.2 Å². The summed E-state index contributed by atoms with van der Waals surface area (Å²) < 4.78 is 5.31. The summed E-state index contributed by atoms with van der Waals surface area (Å²) in [5.41, 5.74) is 0.985. The molecular weight excluding hydrogens is 238 g/mol. The molecule has 0 spiro atoms. The van der Waals surface area contributed by atoms with Crippen LogP contribution in [0.3, 0.4) is 0 Å². The molecule has 4 heteroatoms. The lowest BCUT2D eigenvalue weighted by Crippen LogP contribution is -2.31. The fourth-order valence-electron chi connectivity index (χ4n) is 2.49. The van der Waals surface area contributed by atoms with Crippen molar-refractivity contribution in [1.82, 2.24) is 15.0 Å². The number of rotatable bonds is 4. The molecule has 0 saturated carbocycles. The van der Waals surface area contributed by atoms with Crippen LogP contribution in [0.5, 0.6) is 0 Å². The lowest BCUT2D eigenvalue weighted by atomic mass is 10.1. The smallest absolute Gasteiger partial charge is 0.257 e. The van der Waals surface area contributed by atoms with E-state index in [1.54, 1.807) is 0 Å². The molecule has 4 nitrogen and oxygen atoms in total. The van der Waals surface area contributed by atoms with E-state index in [1.165, 1.54) is 32.4 Å². The van der Waals surface area contributed by atoms with Gasteiger partial charge in [-0.05, 0) is 38.1 Å². The van der Waals surface area contributed by atoms with Crippen molar-refractivity contribution in [1.29, 1.82) is 0 Å². The van der Waals surface area contributed by atoms with E-state index in [-0.39, 0.29) is 0 Å². The minimum atomic E-state index is 0.620. The van der Waals surface area contributed by atoms with Gasteiger partial charge in [-0.3, -0.25) is 0 Å². The van der Waals surface area contributed by atoms with E-state index < -0.39 is 0 Å². The summed E-state index contributed by atoms with van der Waals surface area (Å²) in [6.07, 6.45) is 4.89. The zero-order valence-corrected chi connectivity index (χ0v) is 11.1. The molecule has 1 aliphatic heterocycles. The lowest BCUT2D eigenvalue weighted by molar-refractivity contribution is 0.229. The minimum absolute atomic E-state index is 0.620. The Morgan fingerprint density at radius 1 is 1.05 bits per heavy atom. The van der Waals surface area contributed by atoms with Crippen LogP contribution in [-0.2, 0) is 6.42 Å². The van der Waals surface area contributed by atoms with Crippen LogP contribution in [-0.4, -0.2) is 34.7 Å². The molecule has 2 aromatic rings. The first-order valence-corrected chi connectivity index (χ1v) is 7.02. The highest BCUT2D eigenvalue weighted by atomic mass is 16.5. The predicted molar refractivity (Wildman–Crippen MR) is 73.7 cm³/mol. The van der Waals surface area contributed by atoms with Crippen molar-refractivity contribution in [2.45, 2.75) is 25.7 Å². The molecule has 0 atom stereocenters. The van der Waals surface area contributed by atoms with Crippen molar-refractivity contribution in [3.63, 3.8) is 0 Å². The maximum absolute atomic E-state index is 5.31. The SMILES string of the molecule is c1ccc(-c2nc(CCN3CCCCC3)no2)cc1. The second kappa shape index (κ2) is 5.97. The highest BCUT2D eigenvalue weighted by molar-refractivity contribution is 5.51. The van der Waals surface area contributed by atoms with Gasteiger partial charge >= 0.3 is 0 Å². The summed E-state index contributed by atoms with van der Waals surface area (Å²) in [6, 6.07) is 9.92. The van der Waals surface area contributed by atoms with E-state index in [2.05, 4.69) is 15.0 Å². The summed E-state index contributed by atoms with van der Waals surface area (Å²) in [7, 11) is 0. The summed E-state index contributed by atoms with van der Waals surface area (Å²) >= 11 is 0. The van der Waals surface area contributed by atoms with Gasteiger partial charge in [0.05, 0.1) is 0 Å². The first kappa shape index (κ1) is 12.4. The Labute approximate surface area is 113 Å². The third-order valence-corrected chi connectivity index (χ3v) is 3.59. The first-order chi connectivity index (χ1) is 9.42. The standard InChI is InChI=1S/C15H19N3O/c1-3-7-13(8-4-1)15-16-14(17-19-15)9-12-18-10-5-2-6-11-18/h1,3-4,7-8H,2,5-6,9-12H2. The van der Waals surface area contributed by atoms with Gasteiger partial charge in [0, 0.05) is 18.5 Å². The van der Waals surface area contributed by atoms with Crippen LogP contribution in [0.1, 0.15) is 25.1 Å². The lowest BCUT2D eigenvalue weighted by Gasteiger charge is -2.25. The van der Waals surface area contributed by atoms with Crippen LogP contribution in [0.15, 0.2) is 34.9 Å². The van der Waals surface area contributed by atoms with Crippen molar-refractivity contribution in [2.75, 3.05) is 19.6 Å². The summed E-state index contributed by atoms with van der Waals surface area (Å²) in [5, 5.41) is 4.06. The van der Waals surface area contributed by atoms with Crippen molar-refractivity contribution >= 4 is 0 Å². The second-order valence-corrected chi connectivity index (χ2v) is 5.03. The van der Waals surface area contributed by atoms with E-state index in [1.807, 2.05) is 30.3 Å². The molecule has 0 bridgehead atoms. The highest BCUT2D eigenvalue weighted by Gasteiger charge is 2.12. The van der Waals surface area contributed by atoms with Gasteiger partial charge in [0.1, 0.15) is 0 Å². The van der Waals surface area contributed by atoms with Crippen LogP contribution in [0.25, 0.3) is 11.5 Å². The van der Waals surface area contributed by atoms with Gasteiger partial charge in [-0.15, -0.1) is 0 Å². The van der Waals surface area contributed by atoms with Gasteiger partial charge < -0.3 is 9.42 Å². The van der Waals surface area contributed by atoms with Gasteiger partial charge in [-0.25, -0.2) is 0 Å². The Bertz CT molecular complexity index is 503.